The maximum atomic E-state index is 12.1. The van der Waals surface area contributed by atoms with Crippen molar-refractivity contribution in [1.29, 1.82) is 0 Å². The first-order valence-electron chi connectivity index (χ1n) is 5.88. The summed E-state index contributed by atoms with van der Waals surface area (Å²) < 4.78 is 1.77. The van der Waals surface area contributed by atoms with Gasteiger partial charge in [0.1, 0.15) is 0 Å². The predicted octanol–water partition coefficient (Wildman–Crippen LogP) is 1.05. The molecule has 0 aliphatic heterocycles. The largest absolute Gasteiger partial charge is 0.392 e. The Bertz CT molecular complexity index is 469. The first-order valence-corrected chi connectivity index (χ1v) is 6.29. The van der Waals surface area contributed by atoms with Crippen LogP contribution in [0, 0.1) is 12.3 Å². The third-order valence-electron chi connectivity index (χ3n) is 3.53. The summed E-state index contributed by atoms with van der Waals surface area (Å²) in [4.78, 5) is 12.4. The topological polar surface area (TPSA) is 72.9 Å². The van der Waals surface area contributed by atoms with Crippen LogP contribution in [0.15, 0.2) is 6.20 Å². The van der Waals surface area contributed by atoms with E-state index < -0.39 is 5.41 Å². The number of hydrogen-bond donors (Lipinski definition) is 2. The van der Waals surface area contributed by atoms with Crippen molar-refractivity contribution >= 4 is 23.1 Å². The van der Waals surface area contributed by atoms with Gasteiger partial charge in [0.05, 0.1) is 16.6 Å². The lowest BCUT2D eigenvalue weighted by atomic mass is 9.86. The van der Waals surface area contributed by atoms with Gasteiger partial charge in [0.2, 0.25) is 5.91 Å². The van der Waals surface area contributed by atoms with E-state index in [9.17, 15) is 4.79 Å². The zero-order valence-electron chi connectivity index (χ0n) is 11.3. The van der Waals surface area contributed by atoms with Crippen LogP contribution >= 0.6 is 12.2 Å². The van der Waals surface area contributed by atoms with E-state index in [4.69, 9.17) is 18.0 Å². The summed E-state index contributed by atoms with van der Waals surface area (Å²) in [5.74, 6) is -0.138. The molecule has 1 amide bonds. The van der Waals surface area contributed by atoms with Crippen LogP contribution in [0.2, 0.25) is 0 Å². The summed E-state index contributed by atoms with van der Waals surface area (Å²) in [5, 5.41) is 6.99. The first-order chi connectivity index (χ1) is 8.32. The molecule has 0 aromatic carbocycles. The fraction of sp³-hybridized carbons (Fsp3) is 0.583. The molecule has 1 aromatic rings. The number of amides is 1. The highest BCUT2D eigenvalue weighted by molar-refractivity contribution is 7.80. The van der Waals surface area contributed by atoms with Gasteiger partial charge in [0, 0.05) is 24.8 Å². The minimum Gasteiger partial charge on any atom is -0.392 e. The number of thiocarbonyl (C=S) groups is 1. The molecule has 3 N–H and O–H groups in total. The predicted molar refractivity (Wildman–Crippen MR) is 75.0 cm³/mol. The van der Waals surface area contributed by atoms with Gasteiger partial charge in [0.15, 0.2) is 0 Å². The average Bonchev–Trinajstić information content (AvgIpc) is 2.65. The molecule has 1 aromatic heterocycles. The zero-order valence-corrected chi connectivity index (χ0v) is 12.1. The Hall–Kier alpha value is -1.43. The van der Waals surface area contributed by atoms with Crippen LogP contribution in [-0.2, 0) is 18.4 Å². The van der Waals surface area contributed by atoms with E-state index in [0.717, 1.165) is 11.3 Å². The first kappa shape index (κ1) is 14.6. The summed E-state index contributed by atoms with van der Waals surface area (Å²) in [7, 11) is 1.87. The molecular formula is C12H20N4OS. The van der Waals surface area contributed by atoms with E-state index in [1.807, 2.05) is 20.9 Å². The second kappa shape index (κ2) is 5.48. The van der Waals surface area contributed by atoms with Crippen molar-refractivity contribution in [1.82, 2.24) is 15.1 Å². The van der Waals surface area contributed by atoms with E-state index >= 15 is 0 Å². The number of nitrogens with two attached hydrogens (primary N) is 1. The van der Waals surface area contributed by atoms with Gasteiger partial charge >= 0.3 is 0 Å². The van der Waals surface area contributed by atoms with Gasteiger partial charge in [-0.2, -0.15) is 5.10 Å². The van der Waals surface area contributed by atoms with Crippen molar-refractivity contribution in [2.45, 2.75) is 33.7 Å². The molecule has 0 aliphatic carbocycles. The molecule has 0 fully saturated rings. The molecule has 0 spiro atoms. The quantitative estimate of drug-likeness (QED) is 0.783. The smallest absolute Gasteiger partial charge is 0.233 e. The summed E-state index contributed by atoms with van der Waals surface area (Å²) in [6, 6.07) is 0. The van der Waals surface area contributed by atoms with Gasteiger partial charge < -0.3 is 11.1 Å². The van der Waals surface area contributed by atoms with Crippen LogP contribution in [-0.4, -0.2) is 20.7 Å². The highest BCUT2D eigenvalue weighted by atomic mass is 32.1. The standard InChI is InChI=1S/C12H20N4OS/c1-5-12(3,10(13)18)11(17)14-6-9-7-15-16(4)8(9)2/h7H,5-6H2,1-4H3,(H2,13,18)(H,14,17). The Labute approximate surface area is 113 Å². The maximum absolute atomic E-state index is 12.1. The van der Waals surface area contributed by atoms with E-state index in [2.05, 4.69) is 10.4 Å². The molecule has 1 atom stereocenters. The number of rotatable bonds is 5. The third kappa shape index (κ3) is 2.69. The molecule has 6 heteroatoms. The molecule has 0 saturated heterocycles. The Morgan fingerprint density at radius 3 is 2.67 bits per heavy atom. The Kier molecular flexibility index (Phi) is 4.45. The molecule has 0 saturated carbocycles. The Balaban J connectivity index is 2.72. The van der Waals surface area contributed by atoms with E-state index in [0.29, 0.717) is 13.0 Å². The number of nitrogens with one attached hydrogen (secondary N) is 1. The van der Waals surface area contributed by atoms with Gasteiger partial charge in [-0.3, -0.25) is 9.48 Å². The molecule has 0 radical (unpaired) electrons. The van der Waals surface area contributed by atoms with Crippen molar-refractivity contribution in [3.05, 3.63) is 17.5 Å². The van der Waals surface area contributed by atoms with Crippen LogP contribution in [0.1, 0.15) is 31.5 Å². The number of carbonyl (C=O) groups excluding carboxylic acids is 1. The molecule has 1 unspecified atom stereocenters. The number of carbonyl (C=O) groups is 1. The second-order valence-corrected chi connectivity index (χ2v) is 5.05. The van der Waals surface area contributed by atoms with Crippen LogP contribution < -0.4 is 11.1 Å². The summed E-state index contributed by atoms with van der Waals surface area (Å²) in [6.07, 6.45) is 2.33. The fourth-order valence-corrected chi connectivity index (χ4v) is 1.77. The molecule has 5 nitrogen and oxygen atoms in total. The van der Waals surface area contributed by atoms with Gasteiger partial charge in [-0.25, -0.2) is 0 Å². The Morgan fingerprint density at radius 1 is 1.67 bits per heavy atom. The van der Waals surface area contributed by atoms with Gasteiger partial charge in [-0.05, 0) is 20.3 Å². The Morgan fingerprint density at radius 2 is 2.28 bits per heavy atom. The van der Waals surface area contributed by atoms with Crippen LogP contribution in [0.5, 0.6) is 0 Å². The van der Waals surface area contributed by atoms with E-state index in [1.165, 1.54) is 0 Å². The highest BCUT2D eigenvalue weighted by Crippen LogP contribution is 2.22. The molecule has 1 heterocycles. The zero-order chi connectivity index (χ0) is 13.9. The SMILES string of the molecule is CCC(C)(C(=O)NCc1cnn(C)c1C)C(N)=S. The number of aryl methyl sites for hydroxylation is 1. The van der Waals surface area contributed by atoms with Crippen molar-refractivity contribution in [2.24, 2.45) is 18.2 Å². The van der Waals surface area contributed by atoms with Crippen molar-refractivity contribution in [3.8, 4) is 0 Å². The van der Waals surface area contributed by atoms with E-state index in [-0.39, 0.29) is 10.9 Å². The number of hydrogen-bond acceptors (Lipinski definition) is 3. The van der Waals surface area contributed by atoms with Crippen LogP contribution in [0.4, 0.5) is 0 Å². The molecule has 18 heavy (non-hydrogen) atoms. The van der Waals surface area contributed by atoms with Crippen molar-refractivity contribution < 1.29 is 4.79 Å². The molecule has 100 valence electrons. The van der Waals surface area contributed by atoms with E-state index in [1.54, 1.807) is 17.8 Å². The van der Waals surface area contributed by atoms with Crippen molar-refractivity contribution in [3.63, 3.8) is 0 Å². The highest BCUT2D eigenvalue weighted by Gasteiger charge is 2.34. The lowest BCUT2D eigenvalue weighted by molar-refractivity contribution is -0.127. The van der Waals surface area contributed by atoms with Crippen molar-refractivity contribution in [2.75, 3.05) is 0 Å². The van der Waals surface area contributed by atoms with Crippen LogP contribution in [0.25, 0.3) is 0 Å². The normalized spacial score (nSPS) is 14.0. The summed E-state index contributed by atoms with van der Waals surface area (Å²) in [6.45, 7) is 6.06. The second-order valence-electron chi connectivity index (χ2n) is 4.61. The molecular weight excluding hydrogens is 248 g/mol. The van der Waals surface area contributed by atoms with Crippen LogP contribution in [0.3, 0.4) is 0 Å². The maximum Gasteiger partial charge on any atom is 0.233 e. The minimum atomic E-state index is -0.786. The molecule has 1 rings (SSSR count). The monoisotopic (exact) mass is 268 g/mol. The van der Waals surface area contributed by atoms with Gasteiger partial charge in [-0.15, -0.1) is 0 Å². The molecule has 0 bridgehead atoms. The summed E-state index contributed by atoms with van der Waals surface area (Å²) >= 11 is 4.97. The average molecular weight is 268 g/mol. The lowest BCUT2D eigenvalue weighted by Gasteiger charge is -2.25. The third-order valence-corrected chi connectivity index (χ3v) is 3.98. The molecule has 0 aliphatic rings. The number of aromatic nitrogens is 2. The lowest BCUT2D eigenvalue weighted by Crippen LogP contribution is -2.46. The summed E-state index contributed by atoms with van der Waals surface area (Å²) in [5.41, 5.74) is 6.88. The van der Waals surface area contributed by atoms with Gasteiger partial charge in [-0.1, -0.05) is 19.1 Å². The van der Waals surface area contributed by atoms with Gasteiger partial charge in [0.25, 0.3) is 0 Å². The fourth-order valence-electron chi connectivity index (χ4n) is 1.53. The minimum absolute atomic E-state index is 0.138. The number of nitrogens with zero attached hydrogens (tertiary/aromatic N) is 2.